The van der Waals surface area contributed by atoms with Crippen LogP contribution in [0.15, 0.2) is 48.9 Å². The van der Waals surface area contributed by atoms with Crippen molar-refractivity contribution in [1.29, 1.82) is 0 Å². The molecule has 6 heteroatoms. The van der Waals surface area contributed by atoms with Gasteiger partial charge < -0.3 is 14.4 Å². The molecule has 6 nitrogen and oxygen atoms in total. The van der Waals surface area contributed by atoms with Gasteiger partial charge in [-0.2, -0.15) is 0 Å². The lowest BCUT2D eigenvalue weighted by atomic mass is 10.2. The SMILES string of the molecule is CC(CO)n1cncc1-c1cc(OCc2ccccc2)n[nH]1. The predicted octanol–water partition coefficient (Wildman–Crippen LogP) is 2.41. The van der Waals surface area contributed by atoms with Crippen LogP contribution < -0.4 is 4.74 Å². The van der Waals surface area contributed by atoms with Crippen molar-refractivity contribution in [3.05, 3.63) is 54.5 Å². The number of imidazole rings is 1. The molecule has 2 heterocycles. The highest BCUT2D eigenvalue weighted by molar-refractivity contribution is 5.55. The summed E-state index contributed by atoms with van der Waals surface area (Å²) in [7, 11) is 0. The molecule has 1 aromatic carbocycles. The van der Waals surface area contributed by atoms with Gasteiger partial charge in [0.1, 0.15) is 6.61 Å². The van der Waals surface area contributed by atoms with Crippen molar-refractivity contribution >= 4 is 0 Å². The van der Waals surface area contributed by atoms with E-state index in [1.165, 1.54) is 0 Å². The average molecular weight is 298 g/mol. The number of hydrogen-bond acceptors (Lipinski definition) is 4. The van der Waals surface area contributed by atoms with Gasteiger partial charge in [0.25, 0.3) is 0 Å². The van der Waals surface area contributed by atoms with Crippen molar-refractivity contribution < 1.29 is 9.84 Å². The fourth-order valence-electron chi connectivity index (χ4n) is 2.19. The monoisotopic (exact) mass is 298 g/mol. The molecule has 0 fully saturated rings. The largest absolute Gasteiger partial charge is 0.472 e. The number of aliphatic hydroxyl groups excluding tert-OH is 1. The van der Waals surface area contributed by atoms with Crippen molar-refractivity contribution in [3.8, 4) is 17.3 Å². The van der Waals surface area contributed by atoms with Crippen LogP contribution in [-0.4, -0.2) is 31.5 Å². The number of aromatic nitrogens is 4. The first kappa shape index (κ1) is 14.3. The topological polar surface area (TPSA) is 76.0 Å². The number of nitrogens with zero attached hydrogens (tertiary/aromatic N) is 3. The van der Waals surface area contributed by atoms with E-state index in [-0.39, 0.29) is 12.6 Å². The van der Waals surface area contributed by atoms with Crippen LogP contribution in [0, 0.1) is 0 Å². The van der Waals surface area contributed by atoms with Gasteiger partial charge in [-0.15, -0.1) is 5.10 Å². The number of aliphatic hydroxyl groups is 1. The maximum absolute atomic E-state index is 9.29. The second kappa shape index (κ2) is 6.44. The average Bonchev–Trinajstić information content (AvgIpc) is 3.22. The van der Waals surface area contributed by atoms with E-state index in [0.29, 0.717) is 12.5 Å². The Morgan fingerprint density at radius 3 is 2.91 bits per heavy atom. The van der Waals surface area contributed by atoms with Crippen LogP contribution in [0.1, 0.15) is 18.5 Å². The molecule has 0 bridgehead atoms. The van der Waals surface area contributed by atoms with Crippen LogP contribution >= 0.6 is 0 Å². The zero-order valence-corrected chi connectivity index (χ0v) is 12.3. The first-order valence-corrected chi connectivity index (χ1v) is 7.13. The molecule has 0 amide bonds. The molecule has 3 rings (SSSR count). The summed E-state index contributed by atoms with van der Waals surface area (Å²) in [5, 5.41) is 16.4. The molecule has 3 aromatic rings. The van der Waals surface area contributed by atoms with Crippen LogP contribution in [0.25, 0.3) is 11.4 Å². The quantitative estimate of drug-likeness (QED) is 0.732. The van der Waals surface area contributed by atoms with Crippen LogP contribution in [0.5, 0.6) is 5.88 Å². The Labute approximate surface area is 128 Å². The second-order valence-electron chi connectivity index (χ2n) is 5.11. The highest BCUT2D eigenvalue weighted by Crippen LogP contribution is 2.23. The Morgan fingerprint density at radius 1 is 1.32 bits per heavy atom. The molecule has 1 unspecified atom stereocenters. The smallest absolute Gasteiger partial charge is 0.233 e. The van der Waals surface area contributed by atoms with Gasteiger partial charge in [0.15, 0.2) is 0 Å². The minimum absolute atomic E-state index is 0.0468. The van der Waals surface area contributed by atoms with E-state index in [2.05, 4.69) is 15.2 Å². The Bertz CT molecular complexity index is 721. The Kier molecular flexibility index (Phi) is 4.20. The summed E-state index contributed by atoms with van der Waals surface area (Å²) in [5.41, 5.74) is 2.76. The van der Waals surface area contributed by atoms with Gasteiger partial charge in [0.2, 0.25) is 5.88 Å². The van der Waals surface area contributed by atoms with Gasteiger partial charge in [-0.25, -0.2) is 4.98 Å². The summed E-state index contributed by atoms with van der Waals surface area (Å²) in [5.74, 6) is 0.531. The van der Waals surface area contributed by atoms with Crippen molar-refractivity contribution in [2.75, 3.05) is 6.61 Å². The van der Waals surface area contributed by atoms with Gasteiger partial charge in [-0.3, -0.25) is 5.10 Å². The van der Waals surface area contributed by atoms with Crippen LogP contribution in [0.3, 0.4) is 0 Å². The van der Waals surface area contributed by atoms with Gasteiger partial charge in [0, 0.05) is 6.07 Å². The maximum Gasteiger partial charge on any atom is 0.233 e. The third-order valence-corrected chi connectivity index (χ3v) is 3.47. The van der Waals surface area contributed by atoms with E-state index in [1.807, 2.05) is 47.9 Å². The van der Waals surface area contributed by atoms with Gasteiger partial charge >= 0.3 is 0 Å². The Balaban J connectivity index is 1.73. The molecule has 0 saturated heterocycles. The lowest BCUT2D eigenvalue weighted by Crippen LogP contribution is -2.09. The minimum Gasteiger partial charge on any atom is -0.472 e. The Morgan fingerprint density at radius 2 is 2.14 bits per heavy atom. The summed E-state index contributed by atoms with van der Waals surface area (Å²) in [6, 6.07) is 11.7. The second-order valence-corrected chi connectivity index (χ2v) is 5.11. The van der Waals surface area contributed by atoms with Gasteiger partial charge in [-0.05, 0) is 12.5 Å². The van der Waals surface area contributed by atoms with Crippen molar-refractivity contribution in [1.82, 2.24) is 19.7 Å². The number of aromatic amines is 1. The molecule has 0 spiro atoms. The van der Waals surface area contributed by atoms with Crippen molar-refractivity contribution in [2.24, 2.45) is 0 Å². The van der Waals surface area contributed by atoms with E-state index in [0.717, 1.165) is 17.0 Å². The lowest BCUT2D eigenvalue weighted by molar-refractivity contribution is 0.239. The standard InChI is InChI=1S/C16H18N4O2/c1-12(9-21)20-11-17-8-15(20)14-7-16(19-18-14)22-10-13-5-3-2-4-6-13/h2-8,11-12,21H,9-10H2,1H3,(H,18,19). The summed E-state index contributed by atoms with van der Waals surface area (Å²) in [4.78, 5) is 4.13. The molecule has 2 N–H and O–H groups in total. The lowest BCUT2D eigenvalue weighted by Gasteiger charge is -2.12. The fraction of sp³-hybridized carbons (Fsp3) is 0.250. The maximum atomic E-state index is 9.29. The van der Waals surface area contributed by atoms with Crippen LogP contribution in [-0.2, 0) is 6.61 Å². The predicted molar refractivity (Wildman–Crippen MR) is 82.4 cm³/mol. The summed E-state index contributed by atoms with van der Waals surface area (Å²) >= 11 is 0. The molecule has 0 aliphatic carbocycles. The highest BCUT2D eigenvalue weighted by atomic mass is 16.5. The molecule has 2 aromatic heterocycles. The Hall–Kier alpha value is -2.60. The number of nitrogens with one attached hydrogen (secondary N) is 1. The molecular formula is C16H18N4O2. The molecule has 0 aliphatic rings. The number of hydrogen-bond donors (Lipinski definition) is 2. The first-order chi connectivity index (χ1) is 10.8. The molecule has 22 heavy (non-hydrogen) atoms. The van der Waals surface area contributed by atoms with E-state index in [4.69, 9.17) is 4.74 Å². The molecule has 0 radical (unpaired) electrons. The highest BCUT2D eigenvalue weighted by Gasteiger charge is 2.13. The molecule has 1 atom stereocenters. The van der Waals surface area contributed by atoms with Gasteiger partial charge in [0.05, 0.1) is 36.6 Å². The number of benzene rings is 1. The van der Waals surface area contributed by atoms with Crippen molar-refractivity contribution in [2.45, 2.75) is 19.6 Å². The number of rotatable bonds is 6. The van der Waals surface area contributed by atoms with Crippen LogP contribution in [0.4, 0.5) is 0 Å². The summed E-state index contributed by atoms with van der Waals surface area (Å²) in [6.45, 7) is 2.45. The summed E-state index contributed by atoms with van der Waals surface area (Å²) in [6.07, 6.45) is 3.43. The van der Waals surface area contributed by atoms with E-state index >= 15 is 0 Å². The molecule has 0 aliphatic heterocycles. The first-order valence-electron chi connectivity index (χ1n) is 7.13. The number of H-pyrrole nitrogens is 1. The third-order valence-electron chi connectivity index (χ3n) is 3.47. The molecule has 114 valence electrons. The summed E-state index contributed by atoms with van der Waals surface area (Å²) < 4.78 is 7.57. The number of ether oxygens (including phenoxy) is 1. The van der Waals surface area contributed by atoms with E-state index in [9.17, 15) is 5.11 Å². The van der Waals surface area contributed by atoms with E-state index in [1.54, 1.807) is 12.5 Å². The normalized spacial score (nSPS) is 12.3. The van der Waals surface area contributed by atoms with Crippen molar-refractivity contribution in [3.63, 3.8) is 0 Å². The molecule has 0 saturated carbocycles. The van der Waals surface area contributed by atoms with Crippen LogP contribution in [0.2, 0.25) is 0 Å². The van der Waals surface area contributed by atoms with E-state index < -0.39 is 0 Å². The zero-order chi connectivity index (χ0) is 15.4. The van der Waals surface area contributed by atoms with Gasteiger partial charge in [-0.1, -0.05) is 30.3 Å². The molecular weight excluding hydrogens is 280 g/mol. The third kappa shape index (κ3) is 3.01. The minimum atomic E-state index is -0.0468. The fourth-order valence-corrected chi connectivity index (χ4v) is 2.19. The zero-order valence-electron chi connectivity index (χ0n) is 12.3.